The van der Waals surface area contributed by atoms with Crippen LogP contribution >= 0.6 is 0 Å². The van der Waals surface area contributed by atoms with Gasteiger partial charge in [-0.15, -0.1) is 5.10 Å². The number of nitrogens with one attached hydrogen (secondary N) is 1. The Morgan fingerprint density at radius 2 is 2.03 bits per heavy atom. The predicted octanol–water partition coefficient (Wildman–Crippen LogP) is 2.63. The maximum Gasteiger partial charge on any atom is 0.245 e. The average Bonchev–Trinajstić information content (AvgIpc) is 3.55. The van der Waals surface area contributed by atoms with Gasteiger partial charge in [-0.2, -0.15) is 4.98 Å². The smallest absolute Gasteiger partial charge is 0.245 e. The Balaban J connectivity index is 0.000000730. The highest BCUT2D eigenvalue weighted by Gasteiger charge is 2.18. The molecule has 0 radical (unpaired) electrons. The number of anilines is 3. The first-order valence-corrected chi connectivity index (χ1v) is 10.3. The van der Waals surface area contributed by atoms with Crippen LogP contribution in [0.25, 0.3) is 11.2 Å². The Bertz CT molecular complexity index is 1130. The highest BCUT2D eigenvalue weighted by molar-refractivity contribution is 5.73. The molecule has 5 rings (SSSR count). The van der Waals surface area contributed by atoms with Crippen LogP contribution in [0.5, 0.6) is 5.75 Å². The van der Waals surface area contributed by atoms with Gasteiger partial charge >= 0.3 is 0 Å². The molecule has 4 aromatic rings. The van der Waals surface area contributed by atoms with Crippen molar-refractivity contribution in [3.05, 3.63) is 49.3 Å². The van der Waals surface area contributed by atoms with Crippen molar-refractivity contribution in [3.8, 4) is 11.4 Å². The van der Waals surface area contributed by atoms with Crippen LogP contribution in [-0.2, 0) is 0 Å². The van der Waals surface area contributed by atoms with Gasteiger partial charge in [0.1, 0.15) is 23.4 Å². The van der Waals surface area contributed by atoms with Crippen LogP contribution in [0.3, 0.4) is 0 Å². The Labute approximate surface area is 180 Å². The first kappa shape index (κ1) is 20.6. The topological polar surface area (TPSA) is 111 Å². The number of rotatable bonds is 5. The van der Waals surface area contributed by atoms with Crippen molar-refractivity contribution in [1.29, 1.82) is 0 Å². The van der Waals surface area contributed by atoms with Gasteiger partial charge in [0, 0.05) is 25.4 Å². The summed E-state index contributed by atoms with van der Waals surface area (Å²) in [6, 6.07) is 5.85. The molecule has 1 saturated heterocycles. The van der Waals surface area contributed by atoms with Gasteiger partial charge in [-0.1, -0.05) is 6.92 Å². The van der Waals surface area contributed by atoms with Crippen LogP contribution < -0.4 is 20.7 Å². The molecular formula is C21H27N9O. The number of nitrogens with zero attached hydrogens (tertiary/aromatic N) is 7. The van der Waals surface area contributed by atoms with Gasteiger partial charge in [-0.3, -0.25) is 4.98 Å². The fourth-order valence-corrected chi connectivity index (χ4v) is 3.38. The van der Waals surface area contributed by atoms with Crippen molar-refractivity contribution in [2.75, 3.05) is 37.0 Å². The molecule has 10 nitrogen and oxygen atoms in total. The fourth-order valence-electron chi connectivity index (χ4n) is 3.38. The molecule has 1 aliphatic rings. The minimum absolute atomic E-state index is 0.692. The third-order valence-corrected chi connectivity index (χ3v) is 4.83. The van der Waals surface area contributed by atoms with Crippen LogP contribution in [0.2, 0.25) is 0 Å². The van der Waals surface area contributed by atoms with Gasteiger partial charge in [0.25, 0.3) is 0 Å². The lowest BCUT2D eigenvalue weighted by molar-refractivity contribution is 0.412. The van der Waals surface area contributed by atoms with E-state index in [1.807, 2.05) is 46.6 Å². The largest absolute Gasteiger partial charge is 0.495 e. The van der Waals surface area contributed by atoms with Crippen LogP contribution in [0, 0.1) is 0 Å². The Kier molecular flexibility index (Phi) is 6.27. The molecular weight excluding hydrogens is 394 g/mol. The van der Waals surface area contributed by atoms with Gasteiger partial charge < -0.3 is 25.3 Å². The van der Waals surface area contributed by atoms with Crippen LogP contribution in [0.4, 0.5) is 17.6 Å². The van der Waals surface area contributed by atoms with Gasteiger partial charge in [0.05, 0.1) is 31.4 Å². The van der Waals surface area contributed by atoms with E-state index in [0.29, 0.717) is 11.6 Å². The van der Waals surface area contributed by atoms with Gasteiger partial charge in [0.2, 0.25) is 5.95 Å². The van der Waals surface area contributed by atoms with E-state index in [1.54, 1.807) is 25.8 Å². The molecule has 0 unspecified atom stereocenters. The molecule has 0 bridgehead atoms. The predicted molar refractivity (Wildman–Crippen MR) is 120 cm³/mol. The van der Waals surface area contributed by atoms with Gasteiger partial charge in [-0.05, 0) is 31.5 Å². The molecule has 0 amide bonds. The van der Waals surface area contributed by atoms with E-state index in [0.717, 1.165) is 42.6 Å². The summed E-state index contributed by atoms with van der Waals surface area (Å²) in [6.07, 6.45) is 11.3. The van der Waals surface area contributed by atoms with E-state index >= 15 is 0 Å². The van der Waals surface area contributed by atoms with E-state index in [1.165, 1.54) is 12.8 Å². The normalized spacial score (nSPS) is 13.2. The number of methoxy groups -OCH3 is 1. The van der Waals surface area contributed by atoms with Crippen LogP contribution in [0.15, 0.2) is 49.3 Å². The van der Waals surface area contributed by atoms with Crippen molar-refractivity contribution in [1.82, 2.24) is 29.1 Å². The van der Waals surface area contributed by atoms with Crippen molar-refractivity contribution < 1.29 is 4.74 Å². The summed E-state index contributed by atoms with van der Waals surface area (Å²) in [5.74, 6) is 2.86. The third kappa shape index (κ3) is 4.58. The second-order valence-electron chi connectivity index (χ2n) is 7.07. The summed E-state index contributed by atoms with van der Waals surface area (Å²) in [4.78, 5) is 15.6. The zero-order valence-electron chi connectivity index (χ0n) is 17.8. The molecule has 0 atom stereocenters. The number of imidazole rings is 1. The molecule has 0 aromatic carbocycles. The number of fused-ring (bicyclic) bond motifs is 1. The molecule has 162 valence electrons. The SMILES string of the molecule is CCN.COc1cncc(-n2cnc(Nc3nc(N4CCCC4)nn4cccc34)c2)c1. The Morgan fingerprint density at radius 1 is 1.23 bits per heavy atom. The zero-order valence-corrected chi connectivity index (χ0v) is 17.8. The van der Waals surface area contributed by atoms with Crippen molar-refractivity contribution >= 4 is 23.1 Å². The number of nitrogens with two attached hydrogens (primary N) is 1. The fraction of sp³-hybridized carbons (Fsp3) is 0.333. The number of hydrogen-bond acceptors (Lipinski definition) is 8. The molecule has 5 heterocycles. The lowest BCUT2D eigenvalue weighted by Crippen LogP contribution is -2.22. The van der Waals surface area contributed by atoms with Crippen LogP contribution in [0.1, 0.15) is 19.8 Å². The Hall–Kier alpha value is -3.66. The average molecular weight is 422 g/mol. The van der Waals surface area contributed by atoms with Gasteiger partial charge in [0.15, 0.2) is 5.82 Å². The molecule has 0 aliphatic carbocycles. The summed E-state index contributed by atoms with van der Waals surface area (Å²) in [7, 11) is 1.62. The molecule has 0 spiro atoms. The molecule has 31 heavy (non-hydrogen) atoms. The summed E-state index contributed by atoms with van der Waals surface area (Å²) < 4.78 is 8.98. The molecule has 1 fully saturated rings. The molecule has 0 saturated carbocycles. The molecule has 3 N–H and O–H groups in total. The Morgan fingerprint density at radius 3 is 2.81 bits per heavy atom. The quantitative estimate of drug-likeness (QED) is 0.506. The van der Waals surface area contributed by atoms with E-state index in [9.17, 15) is 0 Å². The first-order valence-electron chi connectivity index (χ1n) is 10.3. The molecule has 1 aliphatic heterocycles. The molecule has 4 aromatic heterocycles. The summed E-state index contributed by atoms with van der Waals surface area (Å²) in [5.41, 5.74) is 6.62. The van der Waals surface area contributed by atoms with Gasteiger partial charge in [-0.25, -0.2) is 9.50 Å². The molecule has 10 heteroatoms. The summed E-state index contributed by atoms with van der Waals surface area (Å²) >= 11 is 0. The van der Waals surface area contributed by atoms with E-state index < -0.39 is 0 Å². The third-order valence-electron chi connectivity index (χ3n) is 4.83. The van der Waals surface area contributed by atoms with E-state index in [2.05, 4.69) is 25.3 Å². The van der Waals surface area contributed by atoms with Crippen molar-refractivity contribution in [3.63, 3.8) is 0 Å². The number of pyridine rings is 1. The van der Waals surface area contributed by atoms with E-state index in [4.69, 9.17) is 15.5 Å². The number of aromatic nitrogens is 6. The van der Waals surface area contributed by atoms with Crippen LogP contribution in [-0.4, -0.2) is 55.9 Å². The van der Waals surface area contributed by atoms with E-state index in [-0.39, 0.29) is 0 Å². The second kappa shape index (κ2) is 9.43. The number of hydrogen-bond donors (Lipinski definition) is 2. The van der Waals surface area contributed by atoms with Crippen molar-refractivity contribution in [2.24, 2.45) is 5.73 Å². The standard InChI is InChI=1S/C19H20N8O.C2H7N/c1-28-15-9-14(10-20-11-15)26-12-17(21-13-26)22-18-16-5-4-8-27(16)24-19(23-18)25-6-2-3-7-25;1-2-3/h4-5,8-13H,2-3,6-7H2,1H3,(H,22,23,24);2-3H2,1H3. The zero-order chi connectivity index (χ0) is 21.6. The second-order valence-corrected chi connectivity index (χ2v) is 7.07. The minimum atomic E-state index is 0.692. The monoisotopic (exact) mass is 421 g/mol. The number of ether oxygens (including phenoxy) is 1. The summed E-state index contributed by atoms with van der Waals surface area (Å²) in [5, 5.41) is 7.97. The first-order chi connectivity index (χ1) is 15.2. The minimum Gasteiger partial charge on any atom is -0.495 e. The highest BCUT2D eigenvalue weighted by atomic mass is 16.5. The van der Waals surface area contributed by atoms with Crippen molar-refractivity contribution in [2.45, 2.75) is 19.8 Å². The summed E-state index contributed by atoms with van der Waals surface area (Å²) in [6.45, 7) is 4.63. The maximum atomic E-state index is 5.24. The lowest BCUT2D eigenvalue weighted by Gasteiger charge is -2.16. The lowest BCUT2D eigenvalue weighted by atomic mass is 10.4. The maximum absolute atomic E-state index is 5.24. The highest BCUT2D eigenvalue weighted by Crippen LogP contribution is 2.24.